The van der Waals surface area contributed by atoms with Crippen LogP contribution in [-0.2, 0) is 4.79 Å². The topological polar surface area (TPSA) is 131 Å². The number of nitrogens with zero attached hydrogens (tertiary/aromatic N) is 3. The van der Waals surface area contributed by atoms with Gasteiger partial charge in [-0.15, -0.1) is 0 Å². The first-order valence-electron chi connectivity index (χ1n) is 9.08. The number of anilines is 2. The second kappa shape index (κ2) is 9.82. The fourth-order valence-corrected chi connectivity index (χ4v) is 2.61. The predicted octanol–water partition coefficient (Wildman–Crippen LogP) is 3.08. The molecule has 3 N–H and O–H groups in total. The number of nitrogens with one attached hydrogen (secondary N) is 3. The van der Waals surface area contributed by atoms with Gasteiger partial charge >= 0.3 is 5.69 Å². The van der Waals surface area contributed by atoms with Crippen LogP contribution in [0.25, 0.3) is 0 Å². The van der Waals surface area contributed by atoms with Gasteiger partial charge in [-0.2, -0.15) is 0 Å². The van der Waals surface area contributed by atoms with Gasteiger partial charge in [0.25, 0.3) is 5.91 Å². The van der Waals surface area contributed by atoms with Crippen molar-refractivity contribution in [3.05, 3.63) is 82.7 Å². The summed E-state index contributed by atoms with van der Waals surface area (Å²) in [5.74, 6) is -0.115. The Labute approximate surface area is 172 Å². The van der Waals surface area contributed by atoms with E-state index in [2.05, 4.69) is 26.1 Å². The maximum atomic E-state index is 12.0. The van der Waals surface area contributed by atoms with Gasteiger partial charge in [-0.1, -0.05) is 48.5 Å². The molecule has 0 bridgehead atoms. The van der Waals surface area contributed by atoms with Gasteiger partial charge in [-0.05, 0) is 24.6 Å². The molecule has 0 saturated heterocycles. The summed E-state index contributed by atoms with van der Waals surface area (Å²) in [5.41, 5.74) is 5.36. The molecule has 1 unspecified atom stereocenters. The Bertz CT molecular complexity index is 1000. The van der Waals surface area contributed by atoms with E-state index in [1.807, 2.05) is 43.3 Å². The zero-order valence-electron chi connectivity index (χ0n) is 16.1. The molecule has 10 nitrogen and oxygen atoms in total. The van der Waals surface area contributed by atoms with E-state index in [-0.39, 0.29) is 30.0 Å². The Morgan fingerprint density at radius 2 is 1.70 bits per heavy atom. The van der Waals surface area contributed by atoms with Gasteiger partial charge in [0.1, 0.15) is 12.1 Å². The summed E-state index contributed by atoms with van der Waals surface area (Å²) in [6, 6.07) is 18.0. The second-order valence-corrected chi connectivity index (χ2v) is 6.23. The number of nitro groups is 1. The maximum Gasteiger partial charge on any atom is 0.354 e. The molecule has 3 rings (SSSR count). The lowest BCUT2D eigenvalue weighted by molar-refractivity contribution is -0.383. The van der Waals surface area contributed by atoms with Gasteiger partial charge in [0.2, 0.25) is 11.6 Å². The van der Waals surface area contributed by atoms with Crippen molar-refractivity contribution in [3.63, 3.8) is 0 Å². The summed E-state index contributed by atoms with van der Waals surface area (Å²) < 4.78 is 5.33. The predicted molar refractivity (Wildman–Crippen MR) is 111 cm³/mol. The van der Waals surface area contributed by atoms with Crippen molar-refractivity contribution < 1.29 is 14.5 Å². The van der Waals surface area contributed by atoms with Crippen LogP contribution in [0.2, 0.25) is 0 Å². The lowest BCUT2D eigenvalue weighted by atomic mass is 10.1. The van der Waals surface area contributed by atoms with Crippen molar-refractivity contribution in [1.29, 1.82) is 0 Å². The third-order valence-corrected chi connectivity index (χ3v) is 4.09. The normalized spacial score (nSPS) is 11.2. The monoisotopic (exact) mass is 408 g/mol. The smallest absolute Gasteiger partial charge is 0.354 e. The van der Waals surface area contributed by atoms with Crippen molar-refractivity contribution in [2.75, 3.05) is 17.3 Å². The van der Waals surface area contributed by atoms with E-state index in [4.69, 9.17) is 4.74 Å². The molecule has 0 aliphatic heterocycles. The van der Waals surface area contributed by atoms with Crippen LogP contribution in [0.4, 0.5) is 17.3 Å². The summed E-state index contributed by atoms with van der Waals surface area (Å²) in [5, 5.41) is 14.6. The number of carbonyl (C=O) groups is 1. The molecule has 154 valence electrons. The first-order valence-corrected chi connectivity index (χ1v) is 9.08. The van der Waals surface area contributed by atoms with Crippen molar-refractivity contribution in [2.24, 2.45) is 0 Å². The first-order chi connectivity index (χ1) is 14.5. The van der Waals surface area contributed by atoms with Crippen LogP contribution in [-0.4, -0.2) is 27.4 Å². The highest BCUT2D eigenvalue weighted by atomic mass is 16.6. The van der Waals surface area contributed by atoms with Crippen LogP contribution in [0.15, 0.2) is 67.0 Å². The minimum absolute atomic E-state index is 0.0311. The largest absolute Gasteiger partial charge is 0.484 e. The molecular formula is C20H20N6O4. The van der Waals surface area contributed by atoms with E-state index in [0.717, 1.165) is 5.56 Å². The van der Waals surface area contributed by atoms with E-state index < -0.39 is 10.8 Å². The molecule has 0 fully saturated rings. The van der Waals surface area contributed by atoms with Crippen molar-refractivity contribution >= 4 is 23.2 Å². The molecule has 1 amide bonds. The van der Waals surface area contributed by atoms with Gasteiger partial charge in [0.15, 0.2) is 6.61 Å². The third kappa shape index (κ3) is 5.41. The highest BCUT2D eigenvalue weighted by molar-refractivity contribution is 5.80. The number of hydrogen-bond donors (Lipinski definition) is 3. The fraction of sp³-hybridized carbons (Fsp3) is 0.150. The van der Waals surface area contributed by atoms with Gasteiger partial charge in [-0.3, -0.25) is 25.8 Å². The molecule has 0 aliphatic carbocycles. The fourth-order valence-electron chi connectivity index (χ4n) is 2.61. The van der Waals surface area contributed by atoms with Crippen LogP contribution >= 0.6 is 0 Å². The van der Waals surface area contributed by atoms with Crippen molar-refractivity contribution in [3.8, 4) is 5.75 Å². The molecule has 1 heterocycles. The number of amides is 1. The van der Waals surface area contributed by atoms with Crippen LogP contribution in [0, 0.1) is 10.1 Å². The minimum Gasteiger partial charge on any atom is -0.484 e. The first kappa shape index (κ1) is 20.5. The molecule has 30 heavy (non-hydrogen) atoms. The molecule has 0 aliphatic rings. The number of ether oxygens (including phenoxy) is 1. The Kier molecular flexibility index (Phi) is 6.72. The van der Waals surface area contributed by atoms with Crippen LogP contribution < -0.4 is 20.9 Å². The number of carbonyl (C=O) groups excluding carboxylic acids is 1. The minimum atomic E-state index is -0.616. The van der Waals surface area contributed by atoms with E-state index in [0.29, 0.717) is 5.75 Å². The summed E-state index contributed by atoms with van der Waals surface area (Å²) >= 11 is 0. The molecule has 1 atom stereocenters. The summed E-state index contributed by atoms with van der Waals surface area (Å²) in [7, 11) is 0. The Morgan fingerprint density at radius 1 is 1.07 bits per heavy atom. The Hall–Kier alpha value is -4.21. The zero-order chi connectivity index (χ0) is 21.3. The van der Waals surface area contributed by atoms with Crippen molar-refractivity contribution in [2.45, 2.75) is 13.0 Å². The van der Waals surface area contributed by atoms with Crippen LogP contribution in [0.3, 0.4) is 0 Å². The highest BCUT2D eigenvalue weighted by Gasteiger charge is 2.24. The molecule has 0 spiro atoms. The third-order valence-electron chi connectivity index (χ3n) is 4.09. The second-order valence-electron chi connectivity index (χ2n) is 6.23. The van der Waals surface area contributed by atoms with Crippen molar-refractivity contribution in [1.82, 2.24) is 15.4 Å². The quantitative estimate of drug-likeness (QED) is 0.364. The lowest BCUT2D eigenvalue weighted by Gasteiger charge is -2.16. The Morgan fingerprint density at radius 3 is 2.37 bits per heavy atom. The van der Waals surface area contributed by atoms with Crippen LogP contribution in [0.5, 0.6) is 5.75 Å². The van der Waals surface area contributed by atoms with E-state index in [9.17, 15) is 14.9 Å². The van der Waals surface area contributed by atoms with Crippen LogP contribution in [0.1, 0.15) is 18.5 Å². The number of para-hydroxylation sites is 1. The van der Waals surface area contributed by atoms with E-state index in [1.54, 1.807) is 24.3 Å². The molecular weight excluding hydrogens is 388 g/mol. The summed E-state index contributed by atoms with van der Waals surface area (Å²) in [4.78, 5) is 30.9. The molecule has 2 aromatic carbocycles. The molecule has 0 radical (unpaired) electrons. The highest BCUT2D eigenvalue weighted by Crippen LogP contribution is 2.31. The maximum absolute atomic E-state index is 12.0. The SMILES string of the molecule is CC(Nc1ncnc(NNC(=O)COc2ccccc2)c1[N+](=O)[O-])c1ccccc1. The number of aromatic nitrogens is 2. The van der Waals surface area contributed by atoms with Gasteiger partial charge in [0, 0.05) is 0 Å². The molecule has 0 saturated carbocycles. The summed E-state index contributed by atoms with van der Waals surface area (Å²) in [6.07, 6.45) is 1.17. The van der Waals surface area contributed by atoms with E-state index >= 15 is 0 Å². The van der Waals surface area contributed by atoms with Gasteiger partial charge in [-0.25, -0.2) is 9.97 Å². The molecule has 3 aromatic rings. The summed E-state index contributed by atoms with van der Waals surface area (Å²) in [6.45, 7) is 1.59. The molecule has 1 aromatic heterocycles. The number of benzene rings is 2. The molecule has 10 heteroatoms. The average Bonchev–Trinajstić information content (AvgIpc) is 2.77. The van der Waals surface area contributed by atoms with E-state index in [1.165, 1.54) is 6.33 Å². The lowest BCUT2D eigenvalue weighted by Crippen LogP contribution is -2.34. The average molecular weight is 408 g/mol. The van der Waals surface area contributed by atoms with Gasteiger partial charge in [0.05, 0.1) is 11.0 Å². The standard InChI is InChI=1S/C20H20N6O4/c1-14(15-8-4-2-5-9-15)23-19-18(26(28)29)20(22-13-21-19)25-24-17(27)12-30-16-10-6-3-7-11-16/h2-11,13-14H,12H2,1H3,(H,24,27)(H2,21,22,23,25). The number of hydrogen-bond acceptors (Lipinski definition) is 8. The Balaban J connectivity index is 1.66. The zero-order valence-corrected chi connectivity index (χ0v) is 16.1. The number of hydrazine groups is 1. The number of rotatable bonds is 9. The van der Waals surface area contributed by atoms with Gasteiger partial charge < -0.3 is 10.1 Å².